The van der Waals surface area contributed by atoms with Gasteiger partial charge in [-0.1, -0.05) is 11.6 Å². The number of pyridine rings is 1. The summed E-state index contributed by atoms with van der Waals surface area (Å²) in [5, 5.41) is 0. The molecule has 0 radical (unpaired) electrons. The van der Waals surface area contributed by atoms with Gasteiger partial charge in [-0.3, -0.25) is 9.78 Å². The van der Waals surface area contributed by atoms with Crippen LogP contribution < -0.4 is 0 Å². The summed E-state index contributed by atoms with van der Waals surface area (Å²) >= 11 is 0. The van der Waals surface area contributed by atoms with Gasteiger partial charge in [0.2, 0.25) is 0 Å². The van der Waals surface area contributed by atoms with Crippen LogP contribution in [0.3, 0.4) is 0 Å². The second-order valence-electron chi connectivity index (χ2n) is 6.91. The standard InChI is InChI=1S/C19H24N2O3/c22-18(15-3-1-8-20-13-15)21-9-2-7-19(14-24-12-6-17(19)21)16-4-10-23-11-5-16/h1,3-4,8,13,17H,2,5-7,9-12,14H2/t17-,19-/m0/s1. The van der Waals surface area contributed by atoms with Gasteiger partial charge in [0.05, 0.1) is 25.4 Å². The molecule has 5 nitrogen and oxygen atoms in total. The number of hydrogen-bond donors (Lipinski definition) is 0. The average molecular weight is 328 g/mol. The van der Waals surface area contributed by atoms with Crippen molar-refractivity contribution in [1.29, 1.82) is 0 Å². The number of carbonyl (C=O) groups is 1. The highest BCUT2D eigenvalue weighted by Gasteiger charge is 2.50. The Morgan fingerprint density at radius 3 is 3.08 bits per heavy atom. The van der Waals surface area contributed by atoms with E-state index in [9.17, 15) is 4.79 Å². The molecule has 2 saturated heterocycles. The van der Waals surface area contributed by atoms with Crippen LogP contribution >= 0.6 is 0 Å². The van der Waals surface area contributed by atoms with Gasteiger partial charge in [-0.25, -0.2) is 0 Å². The Morgan fingerprint density at radius 2 is 2.29 bits per heavy atom. The average Bonchev–Trinajstić information content (AvgIpc) is 2.68. The zero-order valence-corrected chi connectivity index (χ0v) is 13.9. The van der Waals surface area contributed by atoms with E-state index in [4.69, 9.17) is 9.47 Å². The van der Waals surface area contributed by atoms with Gasteiger partial charge in [-0.05, 0) is 37.8 Å². The molecule has 0 N–H and O–H groups in total. The van der Waals surface area contributed by atoms with E-state index in [0.717, 1.165) is 52.0 Å². The van der Waals surface area contributed by atoms with E-state index in [-0.39, 0.29) is 17.4 Å². The SMILES string of the molecule is O=C(c1cccnc1)N1CCC[C@@]2(C3=CCOCC3)COCC[C@H]12. The summed E-state index contributed by atoms with van der Waals surface area (Å²) in [6.45, 7) is 3.73. The van der Waals surface area contributed by atoms with E-state index < -0.39 is 0 Å². The van der Waals surface area contributed by atoms with Gasteiger partial charge in [0, 0.05) is 37.0 Å². The Labute approximate surface area is 142 Å². The van der Waals surface area contributed by atoms with Gasteiger partial charge in [0.25, 0.3) is 5.91 Å². The molecule has 24 heavy (non-hydrogen) atoms. The number of fused-ring (bicyclic) bond motifs is 1. The monoisotopic (exact) mass is 328 g/mol. The van der Waals surface area contributed by atoms with Crippen molar-refractivity contribution in [3.63, 3.8) is 0 Å². The third-order valence-electron chi connectivity index (χ3n) is 5.70. The second-order valence-corrected chi connectivity index (χ2v) is 6.91. The van der Waals surface area contributed by atoms with E-state index in [1.54, 1.807) is 12.4 Å². The van der Waals surface area contributed by atoms with Crippen molar-refractivity contribution < 1.29 is 14.3 Å². The zero-order chi connectivity index (χ0) is 16.4. The summed E-state index contributed by atoms with van der Waals surface area (Å²) in [6.07, 6.45) is 9.58. The number of carbonyl (C=O) groups excluding carboxylic acids is 1. The number of piperidine rings is 1. The Bertz CT molecular complexity index is 627. The first-order chi connectivity index (χ1) is 11.8. The fourth-order valence-electron chi connectivity index (χ4n) is 4.58. The molecule has 0 aliphatic carbocycles. The van der Waals surface area contributed by atoms with Crippen LogP contribution in [0.1, 0.15) is 36.0 Å². The minimum Gasteiger partial charge on any atom is -0.380 e. The number of hydrogen-bond acceptors (Lipinski definition) is 4. The van der Waals surface area contributed by atoms with Crippen molar-refractivity contribution in [2.24, 2.45) is 5.41 Å². The minimum atomic E-state index is -0.0296. The number of nitrogens with zero attached hydrogens (tertiary/aromatic N) is 2. The molecule has 2 atom stereocenters. The molecule has 3 aliphatic rings. The Kier molecular flexibility index (Phi) is 4.37. The lowest BCUT2D eigenvalue weighted by Crippen LogP contribution is -2.59. The number of likely N-dealkylation sites (tertiary alicyclic amines) is 1. The fourth-order valence-corrected chi connectivity index (χ4v) is 4.58. The summed E-state index contributed by atoms with van der Waals surface area (Å²) in [4.78, 5) is 19.3. The molecular formula is C19H24N2O3. The molecule has 0 aromatic carbocycles. The molecular weight excluding hydrogens is 304 g/mol. The zero-order valence-electron chi connectivity index (χ0n) is 13.9. The van der Waals surface area contributed by atoms with Crippen LogP contribution in [0.4, 0.5) is 0 Å². The molecule has 2 fully saturated rings. The highest BCUT2D eigenvalue weighted by atomic mass is 16.5. The van der Waals surface area contributed by atoms with Crippen molar-refractivity contribution in [2.75, 3.05) is 33.0 Å². The van der Waals surface area contributed by atoms with Crippen LogP contribution in [-0.4, -0.2) is 54.8 Å². The van der Waals surface area contributed by atoms with E-state index in [0.29, 0.717) is 12.2 Å². The van der Waals surface area contributed by atoms with E-state index in [1.165, 1.54) is 5.57 Å². The lowest BCUT2D eigenvalue weighted by atomic mass is 9.65. The van der Waals surface area contributed by atoms with Crippen LogP contribution in [0.25, 0.3) is 0 Å². The van der Waals surface area contributed by atoms with Gasteiger partial charge >= 0.3 is 0 Å². The highest BCUT2D eigenvalue weighted by Crippen LogP contribution is 2.48. The first-order valence-corrected chi connectivity index (χ1v) is 8.87. The van der Waals surface area contributed by atoms with Crippen LogP contribution in [0.5, 0.6) is 0 Å². The van der Waals surface area contributed by atoms with Crippen LogP contribution in [-0.2, 0) is 9.47 Å². The van der Waals surface area contributed by atoms with Crippen molar-refractivity contribution in [3.05, 3.63) is 41.7 Å². The first kappa shape index (κ1) is 15.8. The van der Waals surface area contributed by atoms with E-state index in [1.807, 2.05) is 12.1 Å². The Balaban J connectivity index is 1.67. The molecule has 3 aliphatic heterocycles. The predicted octanol–water partition coefficient (Wildman–Crippen LogP) is 2.44. The quantitative estimate of drug-likeness (QED) is 0.783. The molecule has 0 spiro atoms. The number of amides is 1. The van der Waals surface area contributed by atoms with Crippen molar-refractivity contribution in [3.8, 4) is 0 Å². The molecule has 1 aromatic rings. The maximum atomic E-state index is 13.1. The summed E-state index contributed by atoms with van der Waals surface area (Å²) in [5.74, 6) is 0.103. The largest absolute Gasteiger partial charge is 0.380 e. The lowest BCUT2D eigenvalue weighted by Gasteiger charge is -2.54. The topological polar surface area (TPSA) is 51.7 Å². The van der Waals surface area contributed by atoms with Crippen LogP contribution in [0.2, 0.25) is 0 Å². The third-order valence-corrected chi connectivity index (χ3v) is 5.70. The maximum absolute atomic E-state index is 13.1. The molecule has 5 heteroatoms. The Hall–Kier alpha value is -1.72. The van der Waals surface area contributed by atoms with E-state index >= 15 is 0 Å². The van der Waals surface area contributed by atoms with Crippen molar-refractivity contribution in [2.45, 2.75) is 31.7 Å². The highest BCUT2D eigenvalue weighted by molar-refractivity contribution is 5.94. The normalized spacial score (nSPS) is 30.4. The maximum Gasteiger partial charge on any atom is 0.255 e. The van der Waals surface area contributed by atoms with Gasteiger partial charge in [0.1, 0.15) is 0 Å². The first-order valence-electron chi connectivity index (χ1n) is 8.87. The minimum absolute atomic E-state index is 0.0296. The van der Waals surface area contributed by atoms with Crippen LogP contribution in [0.15, 0.2) is 36.2 Å². The van der Waals surface area contributed by atoms with Gasteiger partial charge in [-0.15, -0.1) is 0 Å². The van der Waals surface area contributed by atoms with Gasteiger partial charge in [-0.2, -0.15) is 0 Å². The molecule has 4 heterocycles. The summed E-state index contributed by atoms with van der Waals surface area (Å²) in [7, 11) is 0. The third kappa shape index (κ3) is 2.66. The van der Waals surface area contributed by atoms with Gasteiger partial charge < -0.3 is 14.4 Å². The molecule has 1 amide bonds. The number of ether oxygens (including phenoxy) is 2. The Morgan fingerprint density at radius 1 is 1.33 bits per heavy atom. The summed E-state index contributed by atoms with van der Waals surface area (Å²) < 4.78 is 11.4. The number of rotatable bonds is 2. The fraction of sp³-hybridized carbons (Fsp3) is 0.579. The summed E-state index contributed by atoms with van der Waals surface area (Å²) in [6, 6.07) is 3.91. The van der Waals surface area contributed by atoms with Crippen LogP contribution in [0, 0.1) is 5.41 Å². The smallest absolute Gasteiger partial charge is 0.255 e. The van der Waals surface area contributed by atoms with Crippen molar-refractivity contribution >= 4 is 5.91 Å². The second kappa shape index (κ2) is 6.65. The van der Waals surface area contributed by atoms with Gasteiger partial charge in [0.15, 0.2) is 0 Å². The molecule has 0 saturated carbocycles. The summed E-state index contributed by atoms with van der Waals surface area (Å²) in [5.41, 5.74) is 2.08. The molecule has 0 unspecified atom stereocenters. The number of aromatic nitrogens is 1. The molecule has 1 aromatic heterocycles. The lowest BCUT2D eigenvalue weighted by molar-refractivity contribution is -0.0739. The van der Waals surface area contributed by atoms with E-state index in [2.05, 4.69) is 16.0 Å². The predicted molar refractivity (Wildman–Crippen MR) is 89.7 cm³/mol. The van der Waals surface area contributed by atoms with Crippen molar-refractivity contribution in [1.82, 2.24) is 9.88 Å². The molecule has 128 valence electrons. The molecule has 0 bridgehead atoms. The molecule has 4 rings (SSSR count).